The number of rotatable bonds is 4. The van der Waals surface area contributed by atoms with E-state index in [4.69, 9.17) is 21.1 Å². The molecule has 0 aliphatic carbocycles. The van der Waals surface area contributed by atoms with Gasteiger partial charge in [0.25, 0.3) is 0 Å². The van der Waals surface area contributed by atoms with Crippen molar-refractivity contribution in [1.29, 1.82) is 0 Å². The maximum atomic E-state index is 14.1. The number of carbonyl (C=O) groups excluding carboxylic acids is 3. The predicted molar refractivity (Wildman–Crippen MR) is 134 cm³/mol. The van der Waals surface area contributed by atoms with E-state index < -0.39 is 23.2 Å². The number of benzene rings is 2. The molecule has 4 unspecified atom stereocenters. The number of hydrogen-bond donors (Lipinski definition) is 0. The molecule has 7 heteroatoms. The van der Waals surface area contributed by atoms with Gasteiger partial charge in [-0.15, -0.1) is 0 Å². The van der Waals surface area contributed by atoms with Gasteiger partial charge < -0.3 is 9.47 Å². The van der Waals surface area contributed by atoms with Crippen LogP contribution in [-0.4, -0.2) is 31.0 Å². The summed E-state index contributed by atoms with van der Waals surface area (Å²) >= 11 is 6.23. The van der Waals surface area contributed by atoms with Crippen LogP contribution in [0.3, 0.4) is 0 Å². The van der Waals surface area contributed by atoms with Crippen LogP contribution < -0.4 is 9.64 Å². The first kappa shape index (κ1) is 25.2. The number of nitrogens with zero attached hydrogens (tertiary/aromatic N) is 1. The number of fused-ring (bicyclic) bond motifs is 3. The highest BCUT2D eigenvalue weighted by molar-refractivity contribution is 6.31. The van der Waals surface area contributed by atoms with Crippen LogP contribution in [0.5, 0.6) is 5.75 Å². The van der Waals surface area contributed by atoms with Crippen molar-refractivity contribution in [3.05, 3.63) is 59.1 Å². The SMILES string of the molecule is CCOC(=O)C1C2COc3ccccc3C2C(CC)CC(=O)N(c2cccc(Cl)c2)C(=O)C1(C)C. The average Bonchev–Trinajstić information content (AvgIpc) is 2.85. The molecule has 2 aromatic rings. The van der Waals surface area contributed by atoms with Gasteiger partial charge in [0.15, 0.2) is 0 Å². The number of esters is 1. The molecule has 2 aliphatic rings. The molecule has 186 valence electrons. The monoisotopic (exact) mass is 497 g/mol. The molecule has 0 radical (unpaired) electrons. The Morgan fingerprint density at radius 1 is 1.14 bits per heavy atom. The highest BCUT2D eigenvalue weighted by atomic mass is 35.5. The Balaban J connectivity index is 1.93. The van der Waals surface area contributed by atoms with Gasteiger partial charge in [0, 0.05) is 17.4 Å². The molecule has 0 saturated carbocycles. The van der Waals surface area contributed by atoms with Gasteiger partial charge in [-0.1, -0.05) is 63.1 Å². The third kappa shape index (κ3) is 4.56. The molecule has 35 heavy (non-hydrogen) atoms. The highest BCUT2D eigenvalue weighted by Crippen LogP contribution is 2.52. The summed E-state index contributed by atoms with van der Waals surface area (Å²) in [5.74, 6) is -1.82. The third-order valence-corrected chi connectivity index (χ3v) is 7.69. The van der Waals surface area contributed by atoms with Crippen LogP contribution in [0.2, 0.25) is 5.02 Å². The summed E-state index contributed by atoms with van der Waals surface area (Å²) in [5, 5.41) is 0.422. The standard InChI is InChI=1S/C28H32ClNO5/c1-5-17-14-23(31)30(19-11-9-10-18(29)15-19)27(33)28(3,4)25(26(32)34-6-2)21-16-35-22-13-8-7-12-20(22)24(17)21/h7-13,15,17,21,24-25H,5-6,14,16H2,1-4H3. The van der Waals surface area contributed by atoms with Crippen LogP contribution in [-0.2, 0) is 19.1 Å². The van der Waals surface area contributed by atoms with Crippen LogP contribution in [0.25, 0.3) is 0 Å². The molecule has 0 aromatic heterocycles. The summed E-state index contributed by atoms with van der Waals surface area (Å²) in [7, 11) is 0. The van der Waals surface area contributed by atoms with Gasteiger partial charge in [0.05, 0.1) is 30.2 Å². The number of anilines is 1. The van der Waals surface area contributed by atoms with Crippen molar-refractivity contribution >= 4 is 35.1 Å². The number of para-hydroxylation sites is 1. The lowest BCUT2D eigenvalue weighted by atomic mass is 9.62. The van der Waals surface area contributed by atoms with Gasteiger partial charge in [0.2, 0.25) is 11.8 Å². The minimum atomic E-state index is -1.24. The van der Waals surface area contributed by atoms with E-state index in [1.807, 2.05) is 31.2 Å². The highest BCUT2D eigenvalue weighted by Gasteiger charge is 2.55. The number of ether oxygens (including phenoxy) is 2. The average molecular weight is 498 g/mol. The minimum Gasteiger partial charge on any atom is -0.493 e. The lowest BCUT2D eigenvalue weighted by Crippen LogP contribution is -2.52. The van der Waals surface area contributed by atoms with Gasteiger partial charge in [-0.3, -0.25) is 19.3 Å². The molecule has 2 amide bonds. The first-order chi connectivity index (χ1) is 16.7. The second-order valence-electron chi connectivity index (χ2n) is 9.88. The van der Waals surface area contributed by atoms with Crippen LogP contribution >= 0.6 is 11.6 Å². The molecular weight excluding hydrogens is 466 g/mol. The zero-order valence-electron chi connectivity index (χ0n) is 20.6. The summed E-state index contributed by atoms with van der Waals surface area (Å²) in [6.45, 7) is 7.72. The summed E-state index contributed by atoms with van der Waals surface area (Å²) in [6, 6.07) is 14.5. The lowest BCUT2D eigenvalue weighted by molar-refractivity contribution is -0.161. The maximum Gasteiger partial charge on any atom is 0.310 e. The summed E-state index contributed by atoms with van der Waals surface area (Å²) < 4.78 is 11.7. The molecule has 2 aliphatic heterocycles. The largest absolute Gasteiger partial charge is 0.493 e. The quantitative estimate of drug-likeness (QED) is 0.404. The van der Waals surface area contributed by atoms with Gasteiger partial charge in [-0.05, 0) is 48.6 Å². The third-order valence-electron chi connectivity index (χ3n) is 7.46. The van der Waals surface area contributed by atoms with Gasteiger partial charge in [-0.2, -0.15) is 0 Å². The van der Waals surface area contributed by atoms with E-state index in [0.29, 0.717) is 17.1 Å². The van der Waals surface area contributed by atoms with Crippen LogP contribution in [0, 0.1) is 23.2 Å². The molecule has 0 bridgehead atoms. The molecule has 1 fully saturated rings. The Morgan fingerprint density at radius 3 is 2.57 bits per heavy atom. The lowest BCUT2D eigenvalue weighted by Gasteiger charge is -2.44. The van der Waals surface area contributed by atoms with Crippen molar-refractivity contribution in [2.45, 2.75) is 46.5 Å². The molecule has 2 heterocycles. The number of imide groups is 1. The predicted octanol–water partition coefficient (Wildman–Crippen LogP) is 5.63. The molecule has 4 rings (SSSR count). The van der Waals surface area contributed by atoms with Crippen LogP contribution in [0.15, 0.2) is 48.5 Å². The summed E-state index contributed by atoms with van der Waals surface area (Å²) in [5.41, 5.74) is 0.127. The zero-order valence-corrected chi connectivity index (χ0v) is 21.4. The Hall–Kier alpha value is -2.86. The number of amides is 2. The first-order valence-corrected chi connectivity index (χ1v) is 12.6. The smallest absolute Gasteiger partial charge is 0.310 e. The van der Waals surface area contributed by atoms with E-state index in [2.05, 4.69) is 0 Å². The van der Waals surface area contributed by atoms with Crippen molar-refractivity contribution in [1.82, 2.24) is 0 Å². The van der Waals surface area contributed by atoms with Gasteiger partial charge >= 0.3 is 5.97 Å². The van der Waals surface area contributed by atoms with Crippen molar-refractivity contribution in [3.8, 4) is 5.75 Å². The van der Waals surface area contributed by atoms with E-state index in [1.165, 1.54) is 4.90 Å². The van der Waals surface area contributed by atoms with Crippen molar-refractivity contribution in [3.63, 3.8) is 0 Å². The number of carbonyl (C=O) groups is 3. The van der Waals surface area contributed by atoms with Crippen molar-refractivity contribution in [2.75, 3.05) is 18.1 Å². The van der Waals surface area contributed by atoms with E-state index in [1.54, 1.807) is 45.0 Å². The van der Waals surface area contributed by atoms with E-state index >= 15 is 0 Å². The van der Waals surface area contributed by atoms with Crippen LogP contribution in [0.4, 0.5) is 5.69 Å². The summed E-state index contributed by atoms with van der Waals surface area (Å²) in [6.07, 6.45) is 0.866. The molecular formula is C28H32ClNO5. The molecule has 0 N–H and O–H groups in total. The zero-order chi connectivity index (χ0) is 25.3. The minimum absolute atomic E-state index is 0.0992. The molecule has 6 nitrogen and oxygen atoms in total. The molecule has 1 saturated heterocycles. The second kappa shape index (κ2) is 10.0. The summed E-state index contributed by atoms with van der Waals surface area (Å²) in [4.78, 5) is 42.7. The normalized spacial score (nSPS) is 25.9. The molecule has 0 spiro atoms. The molecule has 2 aromatic carbocycles. The van der Waals surface area contributed by atoms with E-state index in [9.17, 15) is 14.4 Å². The Labute approximate surface area is 211 Å². The van der Waals surface area contributed by atoms with Crippen molar-refractivity contribution in [2.24, 2.45) is 23.2 Å². The van der Waals surface area contributed by atoms with Gasteiger partial charge in [0.1, 0.15) is 5.75 Å². The first-order valence-electron chi connectivity index (χ1n) is 12.2. The van der Waals surface area contributed by atoms with Crippen LogP contribution in [0.1, 0.15) is 52.0 Å². The Kier molecular flexibility index (Phi) is 7.22. The molecule has 4 atom stereocenters. The second-order valence-corrected chi connectivity index (χ2v) is 10.3. The maximum absolute atomic E-state index is 14.1. The Morgan fingerprint density at radius 2 is 1.89 bits per heavy atom. The fraction of sp³-hybridized carbons (Fsp3) is 0.464. The number of hydrogen-bond acceptors (Lipinski definition) is 5. The van der Waals surface area contributed by atoms with Gasteiger partial charge in [-0.25, -0.2) is 0 Å². The number of halogens is 1. The fourth-order valence-corrected chi connectivity index (χ4v) is 5.99. The Bertz CT molecular complexity index is 1130. The van der Waals surface area contributed by atoms with E-state index in [0.717, 1.165) is 11.3 Å². The van der Waals surface area contributed by atoms with Crippen molar-refractivity contribution < 1.29 is 23.9 Å². The fourth-order valence-electron chi connectivity index (χ4n) is 5.80. The topological polar surface area (TPSA) is 72.9 Å². The van der Waals surface area contributed by atoms with E-state index in [-0.39, 0.29) is 43.3 Å².